The molecule has 4 rings (SSSR count). The normalized spacial score (nSPS) is 18.7. The maximum absolute atomic E-state index is 13.4. The van der Waals surface area contributed by atoms with Gasteiger partial charge in [-0.3, -0.25) is 19.0 Å². The van der Waals surface area contributed by atoms with Crippen molar-refractivity contribution < 1.29 is 14.7 Å². The summed E-state index contributed by atoms with van der Waals surface area (Å²) in [6.07, 6.45) is 7.87. The highest BCUT2D eigenvalue weighted by Gasteiger charge is 2.30. The summed E-state index contributed by atoms with van der Waals surface area (Å²) in [4.78, 5) is 40.8. The van der Waals surface area contributed by atoms with E-state index in [0.29, 0.717) is 23.4 Å². The molecule has 2 N–H and O–H groups in total. The Kier molecular flexibility index (Phi) is 6.32. The largest absolute Gasteiger partial charge is 0.492 e. The number of fused-ring (bicyclic) bond motifs is 1. The summed E-state index contributed by atoms with van der Waals surface area (Å²) >= 11 is 0. The van der Waals surface area contributed by atoms with Gasteiger partial charge in [0.2, 0.25) is 11.8 Å². The van der Waals surface area contributed by atoms with Crippen LogP contribution in [0.4, 0.5) is 0 Å². The molecule has 0 radical (unpaired) electrons. The van der Waals surface area contributed by atoms with Crippen LogP contribution in [0.2, 0.25) is 0 Å². The number of aryl methyl sites for hydroxylation is 1. The molecule has 2 amide bonds. The van der Waals surface area contributed by atoms with Gasteiger partial charge in [0, 0.05) is 36.8 Å². The van der Waals surface area contributed by atoms with Crippen LogP contribution < -0.4 is 10.9 Å². The molecule has 2 aliphatic rings. The van der Waals surface area contributed by atoms with Crippen molar-refractivity contribution in [1.82, 2.24) is 24.4 Å². The lowest BCUT2D eigenvalue weighted by molar-refractivity contribution is -0.126. The third kappa shape index (κ3) is 4.41. The molecule has 2 aromatic rings. The molecule has 0 bridgehead atoms. The highest BCUT2D eigenvalue weighted by Crippen LogP contribution is 2.26. The molecule has 178 valence electrons. The first-order chi connectivity index (χ1) is 15.7. The van der Waals surface area contributed by atoms with Gasteiger partial charge in [-0.1, -0.05) is 20.8 Å². The number of aromatic nitrogens is 3. The van der Waals surface area contributed by atoms with Gasteiger partial charge < -0.3 is 15.3 Å². The van der Waals surface area contributed by atoms with Crippen LogP contribution in [0, 0.1) is 12.8 Å². The van der Waals surface area contributed by atoms with Crippen molar-refractivity contribution in [2.45, 2.75) is 78.4 Å². The monoisotopic (exact) mass is 455 g/mol. The van der Waals surface area contributed by atoms with E-state index in [-0.39, 0.29) is 29.5 Å². The second-order valence-electron chi connectivity index (χ2n) is 9.56. The summed E-state index contributed by atoms with van der Waals surface area (Å²) in [7, 11) is 0. The summed E-state index contributed by atoms with van der Waals surface area (Å²) < 4.78 is 2.73. The third-order valence-electron chi connectivity index (χ3n) is 6.43. The van der Waals surface area contributed by atoms with Crippen molar-refractivity contribution in [2.75, 3.05) is 6.54 Å². The second-order valence-corrected chi connectivity index (χ2v) is 9.56. The van der Waals surface area contributed by atoms with Crippen LogP contribution in [0.3, 0.4) is 0 Å². The first kappa shape index (κ1) is 23.1. The van der Waals surface area contributed by atoms with E-state index < -0.39 is 17.3 Å². The number of carbonyl (C=O) groups excluding carboxylic acids is 2. The average Bonchev–Trinajstić information content (AvgIpc) is 3.32. The van der Waals surface area contributed by atoms with E-state index in [1.54, 1.807) is 13.0 Å². The van der Waals surface area contributed by atoms with Gasteiger partial charge in [0.05, 0.1) is 5.69 Å². The molecule has 3 heterocycles. The van der Waals surface area contributed by atoms with Gasteiger partial charge in [-0.25, -0.2) is 0 Å². The van der Waals surface area contributed by atoms with E-state index >= 15 is 0 Å². The van der Waals surface area contributed by atoms with Crippen LogP contribution in [0.15, 0.2) is 10.9 Å². The molecule has 9 nitrogen and oxygen atoms in total. The predicted octanol–water partition coefficient (Wildman–Crippen LogP) is 2.47. The van der Waals surface area contributed by atoms with Crippen molar-refractivity contribution in [3.05, 3.63) is 33.3 Å². The van der Waals surface area contributed by atoms with E-state index in [2.05, 4.69) is 17.3 Å². The lowest BCUT2D eigenvalue weighted by Crippen LogP contribution is -2.36. The Hall–Kier alpha value is -3.10. The minimum Gasteiger partial charge on any atom is -0.492 e. The van der Waals surface area contributed by atoms with Gasteiger partial charge in [-0.05, 0) is 51.0 Å². The molecule has 0 aromatic carbocycles. The number of aromatic hydroxyl groups is 1. The summed E-state index contributed by atoms with van der Waals surface area (Å²) in [5, 5.41) is 18.1. The topological polar surface area (TPSA) is 109 Å². The van der Waals surface area contributed by atoms with E-state index in [4.69, 9.17) is 0 Å². The number of nitrogens with zero attached hydrogens (tertiary/aromatic N) is 4. The molecule has 1 aliphatic carbocycles. The van der Waals surface area contributed by atoms with Crippen molar-refractivity contribution in [1.29, 1.82) is 0 Å². The predicted molar refractivity (Wildman–Crippen MR) is 125 cm³/mol. The van der Waals surface area contributed by atoms with Gasteiger partial charge in [0.25, 0.3) is 11.5 Å². The fourth-order valence-corrected chi connectivity index (χ4v) is 4.58. The number of likely N-dealkylation sites (tertiary alicyclic amines) is 1. The van der Waals surface area contributed by atoms with Crippen LogP contribution in [0.25, 0.3) is 11.7 Å². The Bertz CT molecular complexity index is 1170. The summed E-state index contributed by atoms with van der Waals surface area (Å²) in [6.45, 7) is 8.87. The first-order valence-electron chi connectivity index (χ1n) is 11.9. The molecule has 1 saturated carbocycles. The average molecular weight is 456 g/mol. The highest BCUT2D eigenvalue weighted by atomic mass is 16.3. The van der Waals surface area contributed by atoms with E-state index in [1.807, 2.05) is 18.7 Å². The second kappa shape index (κ2) is 9.03. The van der Waals surface area contributed by atoms with Crippen molar-refractivity contribution in [3.63, 3.8) is 0 Å². The number of amides is 2. The SMILES string of the molecule is CC[C@@H]1CCCN1C(=O)/C=C/c1c(C)nn2c(O)c(C(=O)NC3CC3)c(=O)n(CC(C)C)c12. The van der Waals surface area contributed by atoms with E-state index in [0.717, 1.165) is 38.6 Å². The van der Waals surface area contributed by atoms with Gasteiger partial charge in [-0.15, -0.1) is 0 Å². The molecule has 1 saturated heterocycles. The molecule has 1 atom stereocenters. The zero-order valence-corrected chi connectivity index (χ0v) is 19.8. The smallest absolute Gasteiger partial charge is 0.270 e. The standard InChI is InChI=1S/C24H33N5O4/c1-5-17-7-6-12-27(17)19(30)11-10-18-15(4)26-29-22(18)28(13-14(2)3)23(32)20(24(29)33)21(31)25-16-8-9-16/h10-11,14,16-17,33H,5-9,12-13H2,1-4H3,(H,25,31)/b11-10+/t17-/m1/s1. The summed E-state index contributed by atoms with van der Waals surface area (Å²) in [5.74, 6) is -1.02. The van der Waals surface area contributed by atoms with Gasteiger partial charge in [0.15, 0.2) is 5.56 Å². The van der Waals surface area contributed by atoms with Crippen LogP contribution in [0.1, 0.15) is 74.5 Å². The summed E-state index contributed by atoms with van der Waals surface area (Å²) in [6, 6.07) is 0.301. The van der Waals surface area contributed by atoms with Crippen molar-refractivity contribution in [3.8, 4) is 5.88 Å². The first-order valence-corrected chi connectivity index (χ1v) is 11.9. The van der Waals surface area contributed by atoms with E-state index in [9.17, 15) is 19.5 Å². The summed E-state index contributed by atoms with van der Waals surface area (Å²) in [5.41, 5.74) is 0.659. The third-order valence-corrected chi connectivity index (χ3v) is 6.43. The van der Waals surface area contributed by atoms with Crippen LogP contribution in [0.5, 0.6) is 5.88 Å². The van der Waals surface area contributed by atoms with Crippen LogP contribution in [-0.2, 0) is 11.3 Å². The maximum Gasteiger partial charge on any atom is 0.270 e. The quantitative estimate of drug-likeness (QED) is 0.624. The lowest BCUT2D eigenvalue weighted by atomic mass is 10.1. The molecular weight excluding hydrogens is 422 g/mol. The van der Waals surface area contributed by atoms with Gasteiger partial charge in [-0.2, -0.15) is 9.61 Å². The molecule has 1 aliphatic heterocycles. The molecule has 0 spiro atoms. The molecule has 9 heteroatoms. The molecular formula is C24H33N5O4. The fourth-order valence-electron chi connectivity index (χ4n) is 4.58. The minimum atomic E-state index is -0.584. The minimum absolute atomic E-state index is 0.0481. The van der Waals surface area contributed by atoms with Gasteiger partial charge in [0.1, 0.15) is 5.65 Å². The number of nitrogens with one attached hydrogen (secondary N) is 1. The Morgan fingerprint density at radius 3 is 2.64 bits per heavy atom. The number of rotatable bonds is 7. The van der Waals surface area contributed by atoms with Crippen molar-refractivity contribution in [2.24, 2.45) is 5.92 Å². The highest BCUT2D eigenvalue weighted by molar-refractivity contribution is 5.97. The molecule has 2 fully saturated rings. The Morgan fingerprint density at radius 2 is 2.00 bits per heavy atom. The molecule has 2 aromatic heterocycles. The number of hydrogen-bond acceptors (Lipinski definition) is 5. The zero-order chi connectivity index (χ0) is 23.9. The molecule has 33 heavy (non-hydrogen) atoms. The Labute approximate surface area is 193 Å². The Morgan fingerprint density at radius 1 is 1.27 bits per heavy atom. The zero-order valence-electron chi connectivity index (χ0n) is 19.8. The lowest BCUT2D eigenvalue weighted by Gasteiger charge is -2.21. The Balaban J connectivity index is 1.80. The van der Waals surface area contributed by atoms with Crippen LogP contribution in [-0.4, -0.2) is 54.6 Å². The van der Waals surface area contributed by atoms with Gasteiger partial charge >= 0.3 is 0 Å². The van der Waals surface area contributed by atoms with E-state index in [1.165, 1.54) is 15.2 Å². The number of hydrogen-bond donors (Lipinski definition) is 2. The fraction of sp³-hybridized carbons (Fsp3) is 0.583. The maximum atomic E-state index is 13.4. The van der Waals surface area contributed by atoms with Crippen LogP contribution >= 0.6 is 0 Å². The number of carbonyl (C=O) groups is 2. The molecule has 0 unspecified atom stereocenters. The van der Waals surface area contributed by atoms with Crippen molar-refractivity contribution >= 4 is 23.5 Å².